The van der Waals surface area contributed by atoms with Crippen molar-refractivity contribution in [3.05, 3.63) is 42.2 Å². The fourth-order valence-corrected chi connectivity index (χ4v) is 3.42. The lowest BCUT2D eigenvalue weighted by Crippen LogP contribution is -2.52. The van der Waals surface area contributed by atoms with Gasteiger partial charge >= 0.3 is 5.97 Å². The number of unbranched alkanes of at least 4 members (excludes halogenated alkanes) is 1. The average Bonchev–Trinajstić information content (AvgIpc) is 2.65. The minimum absolute atomic E-state index is 0.197. The summed E-state index contributed by atoms with van der Waals surface area (Å²) in [5.74, 6) is -0.106. The first-order chi connectivity index (χ1) is 13.2. The van der Waals surface area contributed by atoms with Crippen molar-refractivity contribution < 1.29 is 14.6 Å². The molecule has 3 N–H and O–H groups in total. The Hall–Kier alpha value is -2.77. The van der Waals surface area contributed by atoms with Gasteiger partial charge in [-0.05, 0) is 37.6 Å². The van der Waals surface area contributed by atoms with Crippen LogP contribution < -0.4 is 10.6 Å². The van der Waals surface area contributed by atoms with Gasteiger partial charge < -0.3 is 20.5 Å². The second-order valence-electron chi connectivity index (χ2n) is 6.79. The maximum absolute atomic E-state index is 11.3. The summed E-state index contributed by atoms with van der Waals surface area (Å²) in [4.78, 5) is 22.5. The fraction of sp³-hybridized carbons (Fsp3) is 0.350. The van der Waals surface area contributed by atoms with Crippen molar-refractivity contribution in [1.29, 1.82) is 0 Å². The number of carboxylic acids is 1. The molecular formula is C20H22N4O3. The SMILES string of the molecule is NCCCCOC1CN(c2nc3cc(C(=O)O)ccc3c3cnccc23)C1. The molecule has 3 aromatic rings. The van der Waals surface area contributed by atoms with Crippen molar-refractivity contribution in [3.63, 3.8) is 0 Å². The van der Waals surface area contributed by atoms with Crippen LogP contribution in [-0.4, -0.2) is 53.4 Å². The average molecular weight is 366 g/mol. The molecule has 0 aliphatic carbocycles. The first-order valence-corrected chi connectivity index (χ1v) is 9.15. The predicted molar refractivity (Wildman–Crippen MR) is 104 cm³/mol. The number of carboxylic acid groups (broad SMARTS) is 1. The molecule has 0 radical (unpaired) electrons. The molecule has 0 spiro atoms. The van der Waals surface area contributed by atoms with E-state index in [1.165, 1.54) is 0 Å². The summed E-state index contributed by atoms with van der Waals surface area (Å²) in [6.07, 6.45) is 5.72. The van der Waals surface area contributed by atoms with Gasteiger partial charge in [-0.3, -0.25) is 4.98 Å². The van der Waals surface area contributed by atoms with Gasteiger partial charge in [0.1, 0.15) is 5.82 Å². The van der Waals surface area contributed by atoms with E-state index in [0.29, 0.717) is 12.1 Å². The van der Waals surface area contributed by atoms with E-state index in [4.69, 9.17) is 15.5 Å². The molecule has 3 heterocycles. The van der Waals surface area contributed by atoms with Gasteiger partial charge in [-0.15, -0.1) is 0 Å². The third-order valence-electron chi connectivity index (χ3n) is 4.92. The number of benzene rings is 1. The molecule has 2 aromatic heterocycles. The lowest BCUT2D eigenvalue weighted by Gasteiger charge is -2.40. The van der Waals surface area contributed by atoms with Gasteiger partial charge in [0.15, 0.2) is 0 Å². The van der Waals surface area contributed by atoms with Gasteiger partial charge in [0.25, 0.3) is 0 Å². The third-order valence-corrected chi connectivity index (χ3v) is 4.92. The Morgan fingerprint density at radius 3 is 2.85 bits per heavy atom. The smallest absolute Gasteiger partial charge is 0.335 e. The summed E-state index contributed by atoms with van der Waals surface area (Å²) in [5.41, 5.74) is 6.40. The van der Waals surface area contributed by atoms with Crippen LogP contribution in [0.25, 0.3) is 21.7 Å². The number of hydrogen-bond donors (Lipinski definition) is 2. The van der Waals surface area contributed by atoms with E-state index in [1.807, 2.05) is 12.3 Å². The molecule has 1 fully saturated rings. The number of nitrogens with two attached hydrogens (primary N) is 1. The number of hydrogen-bond acceptors (Lipinski definition) is 6. The Morgan fingerprint density at radius 2 is 2.07 bits per heavy atom. The summed E-state index contributed by atoms with van der Waals surface area (Å²) in [5, 5.41) is 12.2. The largest absolute Gasteiger partial charge is 0.478 e. The van der Waals surface area contributed by atoms with Crippen LogP contribution in [0.2, 0.25) is 0 Å². The molecule has 7 nitrogen and oxygen atoms in total. The zero-order valence-corrected chi connectivity index (χ0v) is 15.0. The minimum Gasteiger partial charge on any atom is -0.478 e. The molecule has 1 saturated heterocycles. The third kappa shape index (κ3) is 3.43. The number of carbonyl (C=O) groups is 1. The maximum Gasteiger partial charge on any atom is 0.335 e. The Balaban J connectivity index is 1.63. The van der Waals surface area contributed by atoms with Crippen LogP contribution in [0.3, 0.4) is 0 Å². The van der Waals surface area contributed by atoms with Crippen molar-refractivity contribution in [1.82, 2.24) is 9.97 Å². The molecule has 0 bridgehead atoms. The van der Waals surface area contributed by atoms with E-state index >= 15 is 0 Å². The minimum atomic E-state index is -0.957. The van der Waals surface area contributed by atoms with Crippen LogP contribution in [0.1, 0.15) is 23.2 Å². The molecule has 1 aliphatic heterocycles. The van der Waals surface area contributed by atoms with Gasteiger partial charge in [-0.25, -0.2) is 9.78 Å². The van der Waals surface area contributed by atoms with Crippen molar-refractivity contribution in [2.24, 2.45) is 5.73 Å². The Morgan fingerprint density at radius 1 is 1.22 bits per heavy atom. The number of ether oxygens (including phenoxy) is 1. The number of fused-ring (bicyclic) bond motifs is 3. The molecule has 0 unspecified atom stereocenters. The highest BCUT2D eigenvalue weighted by Crippen LogP contribution is 2.33. The molecule has 1 aromatic carbocycles. The first-order valence-electron chi connectivity index (χ1n) is 9.15. The van der Waals surface area contributed by atoms with Crippen molar-refractivity contribution >= 4 is 33.5 Å². The van der Waals surface area contributed by atoms with Crippen molar-refractivity contribution in [3.8, 4) is 0 Å². The summed E-state index contributed by atoms with van der Waals surface area (Å²) in [6.45, 7) is 2.97. The van der Waals surface area contributed by atoms with Gasteiger partial charge in [0.2, 0.25) is 0 Å². The van der Waals surface area contributed by atoms with Crippen LogP contribution in [0, 0.1) is 0 Å². The Labute approximate surface area is 156 Å². The maximum atomic E-state index is 11.3. The molecule has 0 amide bonds. The topological polar surface area (TPSA) is 102 Å². The fourth-order valence-electron chi connectivity index (χ4n) is 3.42. The lowest BCUT2D eigenvalue weighted by atomic mass is 10.0. The number of anilines is 1. The molecule has 7 heteroatoms. The van der Waals surface area contributed by atoms with E-state index < -0.39 is 5.97 Å². The molecule has 4 rings (SSSR count). The number of aromatic carboxylic acids is 1. The quantitative estimate of drug-likeness (QED) is 0.489. The number of nitrogens with zero attached hydrogens (tertiary/aromatic N) is 3. The Kier molecular flexibility index (Phi) is 4.87. The highest BCUT2D eigenvalue weighted by atomic mass is 16.5. The second-order valence-corrected chi connectivity index (χ2v) is 6.79. The van der Waals surface area contributed by atoms with Crippen molar-refractivity contribution in [2.45, 2.75) is 18.9 Å². The van der Waals surface area contributed by atoms with E-state index in [2.05, 4.69) is 9.88 Å². The highest BCUT2D eigenvalue weighted by Gasteiger charge is 2.30. The molecule has 0 atom stereocenters. The van der Waals surface area contributed by atoms with Gasteiger partial charge in [0.05, 0.1) is 17.2 Å². The molecule has 27 heavy (non-hydrogen) atoms. The van der Waals surface area contributed by atoms with Crippen LogP contribution in [-0.2, 0) is 4.74 Å². The zero-order chi connectivity index (χ0) is 18.8. The first kappa shape index (κ1) is 17.6. The van der Waals surface area contributed by atoms with Crippen molar-refractivity contribution in [2.75, 3.05) is 31.1 Å². The molecule has 1 aliphatic rings. The zero-order valence-electron chi connectivity index (χ0n) is 15.0. The monoisotopic (exact) mass is 366 g/mol. The molecule has 0 saturated carbocycles. The summed E-state index contributed by atoms with van der Waals surface area (Å²) in [7, 11) is 0. The predicted octanol–water partition coefficient (Wildman–Crippen LogP) is 2.43. The van der Waals surface area contributed by atoms with Gasteiger partial charge in [-0.2, -0.15) is 0 Å². The normalized spacial score (nSPS) is 14.6. The van der Waals surface area contributed by atoms with Crippen LogP contribution >= 0.6 is 0 Å². The Bertz CT molecular complexity index is 986. The molecule has 140 valence electrons. The van der Waals surface area contributed by atoms with E-state index in [9.17, 15) is 9.90 Å². The summed E-state index contributed by atoms with van der Waals surface area (Å²) in [6, 6.07) is 6.98. The van der Waals surface area contributed by atoms with Crippen LogP contribution in [0.5, 0.6) is 0 Å². The summed E-state index contributed by atoms with van der Waals surface area (Å²) < 4.78 is 5.87. The van der Waals surface area contributed by atoms with Gasteiger partial charge in [-0.1, -0.05) is 6.07 Å². The van der Waals surface area contributed by atoms with Crippen LogP contribution in [0.15, 0.2) is 36.7 Å². The number of aromatic nitrogens is 2. The summed E-state index contributed by atoms with van der Waals surface area (Å²) >= 11 is 0. The second kappa shape index (κ2) is 7.46. The number of pyridine rings is 2. The van der Waals surface area contributed by atoms with E-state index in [-0.39, 0.29) is 11.7 Å². The lowest BCUT2D eigenvalue weighted by molar-refractivity contribution is 0.0323. The highest BCUT2D eigenvalue weighted by molar-refractivity contribution is 6.11. The van der Waals surface area contributed by atoms with E-state index in [0.717, 1.165) is 54.5 Å². The van der Waals surface area contributed by atoms with Crippen LogP contribution in [0.4, 0.5) is 5.82 Å². The molecular weight excluding hydrogens is 344 g/mol. The van der Waals surface area contributed by atoms with Gasteiger partial charge in [0, 0.05) is 48.2 Å². The number of rotatable bonds is 7. The van der Waals surface area contributed by atoms with E-state index in [1.54, 1.807) is 24.4 Å². The standard InChI is InChI=1S/C20H22N4O3/c21-6-1-2-8-27-14-11-24(12-14)19-16-5-7-22-10-17(16)15-4-3-13(20(25)26)9-18(15)23-19/h3-5,7,9-10,14H,1-2,6,8,11-12,21H2,(H,25,26).